The molecule has 6 heteroatoms. The van der Waals surface area contributed by atoms with Crippen molar-refractivity contribution in [3.8, 4) is 0 Å². The number of fused-ring (bicyclic) bond motifs is 1. The van der Waals surface area contributed by atoms with Crippen molar-refractivity contribution in [2.75, 3.05) is 6.61 Å². The van der Waals surface area contributed by atoms with Gasteiger partial charge in [0.2, 0.25) is 5.78 Å². The lowest BCUT2D eigenvalue weighted by molar-refractivity contribution is 0.0462. The van der Waals surface area contributed by atoms with Crippen LogP contribution in [0.2, 0.25) is 0 Å². The van der Waals surface area contributed by atoms with E-state index in [1.54, 1.807) is 19.1 Å². The van der Waals surface area contributed by atoms with Gasteiger partial charge < -0.3 is 9.15 Å². The molecule has 3 rings (SSSR count). The lowest BCUT2D eigenvalue weighted by Gasteiger charge is -2.02. The van der Waals surface area contributed by atoms with Crippen molar-refractivity contribution in [1.29, 1.82) is 0 Å². The Kier molecular flexibility index (Phi) is 3.65. The first-order valence-electron chi connectivity index (χ1n) is 6.61. The summed E-state index contributed by atoms with van der Waals surface area (Å²) in [5.41, 5.74) is 1.36. The number of ketones is 1. The molecule has 0 fully saturated rings. The van der Waals surface area contributed by atoms with E-state index in [1.807, 2.05) is 18.2 Å². The molecular formula is C16H12N2O4. The van der Waals surface area contributed by atoms with Gasteiger partial charge in [-0.3, -0.25) is 9.78 Å². The van der Waals surface area contributed by atoms with Crippen LogP contribution in [-0.4, -0.2) is 28.3 Å². The van der Waals surface area contributed by atoms with Gasteiger partial charge in [0.05, 0.1) is 11.9 Å². The van der Waals surface area contributed by atoms with Crippen LogP contribution in [0.15, 0.2) is 47.1 Å². The third-order valence-corrected chi connectivity index (χ3v) is 3.02. The van der Waals surface area contributed by atoms with Crippen LogP contribution in [0, 0.1) is 6.92 Å². The lowest BCUT2D eigenvalue weighted by atomic mass is 10.2. The standard InChI is InChI=1S/C16H12N2O4/c1-10-7-18-12(8-17-10)16(20)21-9-13(19)15-6-11-4-2-3-5-14(11)22-15/h2-8H,9H2,1H3. The van der Waals surface area contributed by atoms with Crippen molar-refractivity contribution >= 4 is 22.7 Å². The zero-order chi connectivity index (χ0) is 15.5. The van der Waals surface area contributed by atoms with E-state index in [9.17, 15) is 9.59 Å². The molecule has 1 aromatic carbocycles. The SMILES string of the molecule is Cc1cnc(C(=O)OCC(=O)c2cc3ccccc3o2)cn1. The first-order valence-corrected chi connectivity index (χ1v) is 6.61. The van der Waals surface area contributed by atoms with Crippen molar-refractivity contribution in [2.24, 2.45) is 0 Å². The molecule has 0 aliphatic heterocycles. The van der Waals surface area contributed by atoms with E-state index >= 15 is 0 Å². The predicted octanol–water partition coefficient (Wildman–Crippen LogP) is 2.57. The number of hydrogen-bond acceptors (Lipinski definition) is 6. The van der Waals surface area contributed by atoms with E-state index in [0.29, 0.717) is 11.3 Å². The summed E-state index contributed by atoms with van der Waals surface area (Å²) in [5, 5.41) is 0.821. The first kappa shape index (κ1) is 13.9. The normalized spacial score (nSPS) is 10.6. The number of carbonyl (C=O) groups is 2. The van der Waals surface area contributed by atoms with E-state index in [1.165, 1.54) is 12.4 Å². The van der Waals surface area contributed by atoms with Crippen LogP contribution in [0.4, 0.5) is 0 Å². The molecular weight excluding hydrogens is 284 g/mol. The highest BCUT2D eigenvalue weighted by molar-refractivity contribution is 5.99. The van der Waals surface area contributed by atoms with Crippen molar-refractivity contribution in [2.45, 2.75) is 6.92 Å². The number of benzene rings is 1. The maximum absolute atomic E-state index is 12.0. The highest BCUT2D eigenvalue weighted by atomic mass is 16.5. The number of carbonyl (C=O) groups excluding carboxylic acids is 2. The Balaban J connectivity index is 1.66. The summed E-state index contributed by atoms with van der Waals surface area (Å²) < 4.78 is 10.3. The first-order chi connectivity index (χ1) is 10.6. The number of ether oxygens (including phenoxy) is 1. The van der Waals surface area contributed by atoms with Gasteiger partial charge >= 0.3 is 5.97 Å². The van der Waals surface area contributed by atoms with Gasteiger partial charge in [0.1, 0.15) is 5.58 Å². The van der Waals surface area contributed by atoms with Crippen LogP contribution < -0.4 is 0 Å². The van der Waals surface area contributed by atoms with Crippen molar-refractivity contribution < 1.29 is 18.7 Å². The number of esters is 1. The number of nitrogens with zero attached hydrogens (tertiary/aromatic N) is 2. The van der Waals surface area contributed by atoms with Gasteiger partial charge in [0.25, 0.3) is 0 Å². The average Bonchev–Trinajstić information content (AvgIpc) is 2.97. The summed E-state index contributed by atoms with van der Waals surface area (Å²) in [6.45, 7) is 1.35. The van der Waals surface area contributed by atoms with Gasteiger partial charge in [-0.1, -0.05) is 18.2 Å². The molecule has 0 spiro atoms. The molecule has 0 amide bonds. The highest BCUT2D eigenvalue weighted by Crippen LogP contribution is 2.19. The van der Waals surface area contributed by atoms with Gasteiger partial charge in [0, 0.05) is 11.6 Å². The number of aryl methyl sites for hydroxylation is 1. The van der Waals surface area contributed by atoms with Crippen molar-refractivity contribution in [1.82, 2.24) is 9.97 Å². The second-order valence-electron chi connectivity index (χ2n) is 4.69. The molecule has 0 radical (unpaired) electrons. The minimum atomic E-state index is -0.697. The van der Waals surface area contributed by atoms with Crippen LogP contribution in [0.3, 0.4) is 0 Å². The fourth-order valence-electron chi connectivity index (χ4n) is 1.89. The number of rotatable bonds is 4. The fourth-order valence-corrected chi connectivity index (χ4v) is 1.89. The predicted molar refractivity (Wildman–Crippen MR) is 77.6 cm³/mol. The van der Waals surface area contributed by atoms with Crippen LogP contribution in [0.1, 0.15) is 26.7 Å². The molecule has 0 bridgehead atoms. The molecule has 0 N–H and O–H groups in total. The molecule has 2 aromatic heterocycles. The van der Waals surface area contributed by atoms with Gasteiger partial charge in [-0.2, -0.15) is 0 Å². The molecule has 0 unspecified atom stereocenters. The Bertz CT molecular complexity index is 804. The summed E-state index contributed by atoms with van der Waals surface area (Å²) >= 11 is 0. The van der Waals surface area contributed by atoms with Gasteiger partial charge in [-0.05, 0) is 19.1 Å². The van der Waals surface area contributed by atoms with E-state index < -0.39 is 18.4 Å². The molecule has 0 atom stereocenters. The molecule has 3 aromatic rings. The minimum absolute atomic E-state index is 0.0583. The second-order valence-corrected chi connectivity index (χ2v) is 4.69. The fraction of sp³-hybridized carbons (Fsp3) is 0.125. The zero-order valence-corrected chi connectivity index (χ0v) is 11.8. The Morgan fingerprint density at radius 2 is 2.00 bits per heavy atom. The number of furan rings is 1. The van der Waals surface area contributed by atoms with E-state index in [-0.39, 0.29) is 11.5 Å². The summed E-state index contributed by atoms with van der Waals surface area (Å²) in [6, 6.07) is 8.89. The summed E-state index contributed by atoms with van der Waals surface area (Å²) in [4.78, 5) is 31.6. The Morgan fingerprint density at radius 1 is 1.18 bits per heavy atom. The van der Waals surface area contributed by atoms with Crippen LogP contribution in [0.25, 0.3) is 11.0 Å². The Morgan fingerprint density at radius 3 is 2.73 bits per heavy atom. The molecule has 6 nitrogen and oxygen atoms in total. The molecule has 2 heterocycles. The molecule has 110 valence electrons. The van der Waals surface area contributed by atoms with Crippen LogP contribution in [0.5, 0.6) is 0 Å². The number of para-hydroxylation sites is 1. The third-order valence-electron chi connectivity index (χ3n) is 3.02. The summed E-state index contributed by atoms with van der Waals surface area (Å²) in [5.74, 6) is -0.953. The summed E-state index contributed by atoms with van der Waals surface area (Å²) in [7, 11) is 0. The van der Waals surface area contributed by atoms with E-state index in [2.05, 4.69) is 9.97 Å². The molecule has 0 saturated carbocycles. The highest BCUT2D eigenvalue weighted by Gasteiger charge is 2.16. The quantitative estimate of drug-likeness (QED) is 0.543. The van der Waals surface area contributed by atoms with Crippen molar-refractivity contribution in [3.05, 3.63) is 59.9 Å². The second kappa shape index (κ2) is 5.77. The van der Waals surface area contributed by atoms with Crippen LogP contribution in [-0.2, 0) is 4.74 Å². The maximum atomic E-state index is 12.0. The third kappa shape index (κ3) is 2.85. The summed E-state index contributed by atoms with van der Waals surface area (Å²) in [6.07, 6.45) is 2.76. The van der Waals surface area contributed by atoms with Crippen molar-refractivity contribution in [3.63, 3.8) is 0 Å². The van der Waals surface area contributed by atoms with E-state index in [0.717, 1.165) is 5.39 Å². The maximum Gasteiger partial charge on any atom is 0.358 e. The van der Waals surface area contributed by atoms with Gasteiger partial charge in [0.15, 0.2) is 18.1 Å². The Labute approximate surface area is 125 Å². The number of Topliss-reactive ketones (excluding diaryl/α,β-unsaturated/α-hetero) is 1. The van der Waals surface area contributed by atoms with Gasteiger partial charge in [-0.25, -0.2) is 9.78 Å². The zero-order valence-electron chi connectivity index (χ0n) is 11.8. The smallest absolute Gasteiger partial charge is 0.358 e. The molecule has 0 aliphatic rings. The Hall–Kier alpha value is -3.02. The van der Waals surface area contributed by atoms with E-state index in [4.69, 9.17) is 9.15 Å². The molecule has 0 saturated heterocycles. The minimum Gasteiger partial charge on any atom is -0.453 e. The lowest BCUT2D eigenvalue weighted by Crippen LogP contribution is -2.15. The number of hydrogen-bond donors (Lipinski definition) is 0. The molecule has 22 heavy (non-hydrogen) atoms. The average molecular weight is 296 g/mol. The number of aromatic nitrogens is 2. The van der Waals surface area contributed by atoms with Crippen LogP contribution >= 0.6 is 0 Å². The molecule has 0 aliphatic carbocycles. The monoisotopic (exact) mass is 296 g/mol. The van der Waals surface area contributed by atoms with Gasteiger partial charge in [-0.15, -0.1) is 0 Å². The topological polar surface area (TPSA) is 82.3 Å². The largest absolute Gasteiger partial charge is 0.453 e.